The Labute approximate surface area is 157 Å². The molecule has 8 nitrogen and oxygen atoms in total. The number of furan rings is 1. The summed E-state index contributed by atoms with van der Waals surface area (Å²) in [5.74, 6) is -0.450. The van der Waals surface area contributed by atoms with E-state index >= 15 is 0 Å². The van der Waals surface area contributed by atoms with Crippen LogP contribution in [-0.4, -0.2) is 30.1 Å². The standard InChI is InChI=1S/C19H23N3O5/c1-19(2,3)27-18(25)21-12-16(23)20-11-13-6-8-14(9-7-13)22-17(24)15-5-4-10-26-15/h4-10H,11-12H2,1-3H3,(H,20,23)(H,21,25)(H,22,24). The molecule has 0 aliphatic carbocycles. The van der Waals surface area contributed by atoms with E-state index in [1.165, 1.54) is 6.26 Å². The first-order valence-corrected chi connectivity index (χ1v) is 8.40. The molecule has 8 heteroatoms. The third kappa shape index (κ3) is 7.23. The quantitative estimate of drug-likeness (QED) is 0.721. The van der Waals surface area contributed by atoms with Gasteiger partial charge in [0.2, 0.25) is 5.91 Å². The minimum atomic E-state index is -0.644. The van der Waals surface area contributed by atoms with Crippen molar-refractivity contribution in [1.82, 2.24) is 10.6 Å². The van der Waals surface area contributed by atoms with Crippen LogP contribution in [-0.2, 0) is 16.1 Å². The maximum Gasteiger partial charge on any atom is 0.408 e. The van der Waals surface area contributed by atoms with Crippen LogP contribution < -0.4 is 16.0 Å². The molecule has 0 bridgehead atoms. The number of hydrogen-bond donors (Lipinski definition) is 3. The van der Waals surface area contributed by atoms with Crippen LogP contribution in [0.2, 0.25) is 0 Å². The molecule has 3 amide bonds. The first-order chi connectivity index (χ1) is 12.7. The number of rotatable bonds is 6. The van der Waals surface area contributed by atoms with Crippen molar-refractivity contribution in [2.45, 2.75) is 32.9 Å². The molecule has 0 unspecified atom stereocenters. The van der Waals surface area contributed by atoms with Crippen molar-refractivity contribution in [2.75, 3.05) is 11.9 Å². The molecule has 2 rings (SSSR count). The first-order valence-electron chi connectivity index (χ1n) is 8.40. The molecule has 0 fully saturated rings. The molecule has 1 aromatic heterocycles. The van der Waals surface area contributed by atoms with Crippen molar-refractivity contribution in [1.29, 1.82) is 0 Å². The molecule has 3 N–H and O–H groups in total. The van der Waals surface area contributed by atoms with Gasteiger partial charge in [-0.3, -0.25) is 9.59 Å². The van der Waals surface area contributed by atoms with E-state index in [-0.39, 0.29) is 24.1 Å². The summed E-state index contributed by atoms with van der Waals surface area (Å²) < 4.78 is 10.1. The normalized spacial score (nSPS) is 10.8. The zero-order valence-corrected chi connectivity index (χ0v) is 15.5. The molecule has 27 heavy (non-hydrogen) atoms. The molecule has 0 aliphatic rings. The third-order valence-electron chi connectivity index (χ3n) is 3.24. The molecule has 0 saturated carbocycles. The van der Waals surface area contributed by atoms with Gasteiger partial charge in [0.05, 0.1) is 6.26 Å². The predicted molar refractivity (Wildman–Crippen MR) is 99.2 cm³/mol. The van der Waals surface area contributed by atoms with Gasteiger partial charge < -0.3 is 25.1 Å². The minimum Gasteiger partial charge on any atom is -0.459 e. The topological polar surface area (TPSA) is 110 Å². The van der Waals surface area contributed by atoms with Crippen LogP contribution in [0.1, 0.15) is 36.9 Å². The molecule has 0 atom stereocenters. The molecular formula is C19H23N3O5. The maximum atomic E-state index is 11.9. The molecule has 2 aromatic rings. The van der Waals surface area contributed by atoms with E-state index in [1.807, 2.05) is 0 Å². The minimum absolute atomic E-state index is 0.174. The summed E-state index contributed by atoms with van der Waals surface area (Å²) in [5.41, 5.74) is 0.837. The van der Waals surface area contributed by atoms with Crippen molar-refractivity contribution in [3.8, 4) is 0 Å². The summed E-state index contributed by atoms with van der Waals surface area (Å²) in [7, 11) is 0. The van der Waals surface area contributed by atoms with Gasteiger partial charge in [-0.2, -0.15) is 0 Å². The summed E-state index contributed by atoms with van der Waals surface area (Å²) in [6, 6.07) is 10.2. The van der Waals surface area contributed by atoms with E-state index in [2.05, 4.69) is 16.0 Å². The van der Waals surface area contributed by atoms with Gasteiger partial charge in [-0.05, 0) is 50.6 Å². The second kappa shape index (κ2) is 8.88. The van der Waals surface area contributed by atoms with Crippen LogP contribution in [0.15, 0.2) is 47.1 Å². The number of alkyl carbamates (subject to hydrolysis) is 1. The van der Waals surface area contributed by atoms with Crippen molar-refractivity contribution >= 4 is 23.6 Å². The highest BCUT2D eigenvalue weighted by molar-refractivity contribution is 6.02. The molecule has 0 radical (unpaired) electrons. The Kier molecular flexibility index (Phi) is 6.59. The lowest BCUT2D eigenvalue weighted by atomic mass is 10.2. The monoisotopic (exact) mass is 373 g/mol. The van der Waals surface area contributed by atoms with Gasteiger partial charge in [0.25, 0.3) is 5.91 Å². The molecule has 1 aromatic carbocycles. The van der Waals surface area contributed by atoms with E-state index in [4.69, 9.17) is 9.15 Å². The van der Waals surface area contributed by atoms with Crippen LogP contribution in [0, 0.1) is 0 Å². The Bertz CT molecular complexity index is 777. The first kappa shape index (κ1) is 20.0. The highest BCUT2D eigenvalue weighted by Gasteiger charge is 2.16. The largest absolute Gasteiger partial charge is 0.459 e. The van der Waals surface area contributed by atoms with Gasteiger partial charge in [0.1, 0.15) is 12.1 Å². The van der Waals surface area contributed by atoms with Gasteiger partial charge >= 0.3 is 6.09 Å². The molecule has 1 heterocycles. The summed E-state index contributed by atoms with van der Waals surface area (Å²) in [6.07, 6.45) is 0.785. The van der Waals surface area contributed by atoms with Gasteiger partial charge in [0, 0.05) is 12.2 Å². The summed E-state index contributed by atoms with van der Waals surface area (Å²) in [5, 5.41) is 7.78. The van der Waals surface area contributed by atoms with Crippen molar-refractivity contribution in [3.63, 3.8) is 0 Å². The summed E-state index contributed by atoms with van der Waals surface area (Å²) in [4.78, 5) is 35.2. The van der Waals surface area contributed by atoms with E-state index in [1.54, 1.807) is 57.2 Å². The van der Waals surface area contributed by atoms with E-state index in [9.17, 15) is 14.4 Å². The number of amides is 3. The van der Waals surface area contributed by atoms with Crippen LogP contribution >= 0.6 is 0 Å². The number of carbonyl (C=O) groups is 3. The Balaban J connectivity index is 1.74. The highest BCUT2D eigenvalue weighted by Crippen LogP contribution is 2.12. The Morgan fingerprint density at radius 1 is 1.04 bits per heavy atom. The van der Waals surface area contributed by atoms with Gasteiger partial charge in [-0.15, -0.1) is 0 Å². The van der Waals surface area contributed by atoms with Crippen LogP contribution in [0.4, 0.5) is 10.5 Å². The van der Waals surface area contributed by atoms with Crippen molar-refractivity contribution in [2.24, 2.45) is 0 Å². The zero-order valence-electron chi connectivity index (χ0n) is 15.5. The molecule has 0 saturated heterocycles. The second-order valence-electron chi connectivity index (χ2n) is 6.76. The highest BCUT2D eigenvalue weighted by atomic mass is 16.6. The Hall–Kier alpha value is -3.29. The van der Waals surface area contributed by atoms with E-state index < -0.39 is 11.7 Å². The average molecular weight is 373 g/mol. The number of nitrogens with one attached hydrogen (secondary N) is 3. The zero-order chi connectivity index (χ0) is 19.9. The Morgan fingerprint density at radius 2 is 1.74 bits per heavy atom. The number of benzene rings is 1. The van der Waals surface area contributed by atoms with Gasteiger partial charge in [-0.1, -0.05) is 12.1 Å². The fraction of sp³-hybridized carbons (Fsp3) is 0.316. The van der Waals surface area contributed by atoms with Crippen molar-refractivity contribution in [3.05, 3.63) is 54.0 Å². The number of ether oxygens (including phenoxy) is 1. The van der Waals surface area contributed by atoms with Crippen LogP contribution in [0.5, 0.6) is 0 Å². The van der Waals surface area contributed by atoms with E-state index in [0.717, 1.165) is 5.56 Å². The molecule has 144 valence electrons. The summed E-state index contributed by atoms with van der Waals surface area (Å²) >= 11 is 0. The Morgan fingerprint density at radius 3 is 2.33 bits per heavy atom. The second-order valence-corrected chi connectivity index (χ2v) is 6.76. The third-order valence-corrected chi connectivity index (χ3v) is 3.24. The number of anilines is 1. The SMILES string of the molecule is CC(C)(C)OC(=O)NCC(=O)NCc1ccc(NC(=O)c2ccco2)cc1. The lowest BCUT2D eigenvalue weighted by molar-refractivity contribution is -0.120. The van der Waals surface area contributed by atoms with Crippen LogP contribution in [0.25, 0.3) is 0 Å². The summed E-state index contributed by atoms with van der Waals surface area (Å²) in [6.45, 7) is 5.35. The molecule has 0 spiro atoms. The number of hydrogen-bond acceptors (Lipinski definition) is 5. The van der Waals surface area contributed by atoms with Crippen molar-refractivity contribution < 1.29 is 23.5 Å². The lowest BCUT2D eigenvalue weighted by Crippen LogP contribution is -2.39. The molecular weight excluding hydrogens is 350 g/mol. The van der Waals surface area contributed by atoms with Gasteiger partial charge in [-0.25, -0.2) is 4.79 Å². The average Bonchev–Trinajstić information content (AvgIpc) is 3.12. The maximum absolute atomic E-state index is 11.9. The van der Waals surface area contributed by atoms with Gasteiger partial charge in [0.15, 0.2) is 5.76 Å². The lowest BCUT2D eigenvalue weighted by Gasteiger charge is -2.19. The number of carbonyl (C=O) groups excluding carboxylic acids is 3. The fourth-order valence-electron chi connectivity index (χ4n) is 2.04. The predicted octanol–water partition coefficient (Wildman–Crippen LogP) is 2.67. The smallest absolute Gasteiger partial charge is 0.408 e. The fourth-order valence-corrected chi connectivity index (χ4v) is 2.04. The molecule has 0 aliphatic heterocycles. The van der Waals surface area contributed by atoms with Crippen LogP contribution in [0.3, 0.4) is 0 Å². The van der Waals surface area contributed by atoms with E-state index in [0.29, 0.717) is 12.2 Å².